The average molecular weight is 305 g/mol. The van der Waals surface area contributed by atoms with E-state index in [0.29, 0.717) is 11.6 Å². The van der Waals surface area contributed by atoms with Crippen LogP contribution in [0.3, 0.4) is 0 Å². The van der Waals surface area contributed by atoms with Crippen molar-refractivity contribution >= 4 is 5.91 Å². The van der Waals surface area contributed by atoms with E-state index in [4.69, 9.17) is 4.74 Å². The summed E-state index contributed by atoms with van der Waals surface area (Å²) in [4.78, 5) is 14.8. The van der Waals surface area contributed by atoms with Crippen LogP contribution in [0.15, 0.2) is 6.07 Å². The van der Waals surface area contributed by atoms with Crippen LogP contribution in [0.4, 0.5) is 0 Å². The molecule has 0 aliphatic carbocycles. The van der Waals surface area contributed by atoms with E-state index in [1.165, 1.54) is 0 Å². The molecule has 0 bridgehead atoms. The first-order valence-corrected chi connectivity index (χ1v) is 8.48. The first kappa shape index (κ1) is 15.5. The molecule has 0 unspecified atom stereocenters. The Balaban J connectivity index is 1.72. The first-order valence-electron chi connectivity index (χ1n) is 8.48. The molecule has 0 N–H and O–H groups in total. The number of hydrogen-bond acceptors (Lipinski definition) is 3. The number of likely N-dealkylation sites (tertiary alicyclic amines) is 1. The third-order valence-corrected chi connectivity index (χ3v) is 5.08. The molecule has 22 heavy (non-hydrogen) atoms. The van der Waals surface area contributed by atoms with Gasteiger partial charge < -0.3 is 9.64 Å². The van der Waals surface area contributed by atoms with Crippen molar-refractivity contribution in [3.8, 4) is 0 Å². The van der Waals surface area contributed by atoms with Gasteiger partial charge in [0.15, 0.2) is 0 Å². The number of nitrogens with zero attached hydrogens (tertiary/aromatic N) is 3. The Morgan fingerprint density at radius 1 is 1.27 bits per heavy atom. The maximum atomic E-state index is 12.8. The zero-order chi connectivity index (χ0) is 15.7. The Morgan fingerprint density at radius 2 is 2.05 bits per heavy atom. The summed E-state index contributed by atoms with van der Waals surface area (Å²) in [5, 5.41) is 4.46. The molecule has 2 fully saturated rings. The number of ether oxygens (including phenoxy) is 1. The maximum absolute atomic E-state index is 12.8. The van der Waals surface area contributed by atoms with E-state index < -0.39 is 0 Å². The average Bonchev–Trinajstić information content (AvgIpc) is 3.03. The molecular formula is C17H27N3O2. The number of rotatable bonds is 2. The smallest absolute Gasteiger partial charge is 0.272 e. The second-order valence-corrected chi connectivity index (χ2v) is 7.01. The molecule has 1 amide bonds. The Bertz CT molecular complexity index is 544. The molecule has 2 saturated heterocycles. The summed E-state index contributed by atoms with van der Waals surface area (Å²) >= 11 is 0. The molecular weight excluding hydrogens is 278 g/mol. The number of aromatic nitrogens is 2. The van der Waals surface area contributed by atoms with E-state index >= 15 is 0 Å². The van der Waals surface area contributed by atoms with Crippen molar-refractivity contribution < 1.29 is 9.53 Å². The fourth-order valence-corrected chi connectivity index (χ4v) is 3.65. The molecule has 1 aromatic rings. The normalized spacial score (nSPS) is 25.9. The van der Waals surface area contributed by atoms with Crippen LogP contribution in [0, 0.1) is 0 Å². The second kappa shape index (κ2) is 6.03. The zero-order valence-corrected chi connectivity index (χ0v) is 14.0. The summed E-state index contributed by atoms with van der Waals surface area (Å²) in [5.41, 5.74) is 1.73. The lowest BCUT2D eigenvalue weighted by atomic mass is 9.92. The van der Waals surface area contributed by atoms with Gasteiger partial charge in [-0.25, -0.2) is 0 Å². The molecule has 2 aliphatic heterocycles. The second-order valence-electron chi connectivity index (χ2n) is 7.01. The Morgan fingerprint density at radius 3 is 2.68 bits per heavy atom. The van der Waals surface area contributed by atoms with E-state index in [1.54, 1.807) is 4.68 Å². The van der Waals surface area contributed by atoms with Gasteiger partial charge in [0.05, 0.1) is 11.3 Å². The summed E-state index contributed by atoms with van der Waals surface area (Å²) in [6.45, 7) is 6.70. The van der Waals surface area contributed by atoms with Crippen molar-refractivity contribution in [1.82, 2.24) is 14.7 Å². The first-order chi connectivity index (χ1) is 10.5. The van der Waals surface area contributed by atoms with E-state index in [1.807, 2.05) is 18.0 Å². The van der Waals surface area contributed by atoms with Crippen LogP contribution >= 0.6 is 0 Å². The van der Waals surface area contributed by atoms with Gasteiger partial charge in [-0.05, 0) is 44.1 Å². The molecule has 2 aliphatic rings. The van der Waals surface area contributed by atoms with Gasteiger partial charge in [0.1, 0.15) is 5.69 Å². The lowest BCUT2D eigenvalue weighted by molar-refractivity contribution is -0.00693. The summed E-state index contributed by atoms with van der Waals surface area (Å²) < 4.78 is 7.73. The molecule has 5 heteroatoms. The summed E-state index contributed by atoms with van der Waals surface area (Å²) in [6.07, 6.45) is 5.39. The SMILES string of the molecule is CC(C)c1cc(C(=O)N2CCC[C@]3(CCCO3)CC2)n(C)n1. The molecule has 5 nitrogen and oxygen atoms in total. The van der Waals surface area contributed by atoms with E-state index in [9.17, 15) is 4.79 Å². The number of hydrogen-bond donors (Lipinski definition) is 0. The van der Waals surface area contributed by atoms with E-state index in [-0.39, 0.29) is 11.5 Å². The van der Waals surface area contributed by atoms with Crippen LogP contribution in [0.2, 0.25) is 0 Å². The van der Waals surface area contributed by atoms with Crippen LogP contribution in [-0.2, 0) is 11.8 Å². The quantitative estimate of drug-likeness (QED) is 0.844. The van der Waals surface area contributed by atoms with Crippen molar-refractivity contribution in [2.45, 2.75) is 57.5 Å². The van der Waals surface area contributed by atoms with Gasteiger partial charge in [0.25, 0.3) is 5.91 Å². The third kappa shape index (κ3) is 2.91. The number of aryl methyl sites for hydroxylation is 1. The summed E-state index contributed by atoms with van der Waals surface area (Å²) in [7, 11) is 1.86. The van der Waals surface area contributed by atoms with Crippen molar-refractivity contribution in [1.29, 1.82) is 0 Å². The lowest BCUT2D eigenvalue weighted by Crippen LogP contribution is -2.35. The van der Waals surface area contributed by atoms with Crippen LogP contribution in [0.1, 0.15) is 68.1 Å². The molecule has 0 saturated carbocycles. The van der Waals surface area contributed by atoms with Gasteiger partial charge in [-0.1, -0.05) is 13.8 Å². The van der Waals surface area contributed by atoms with Crippen LogP contribution in [0.5, 0.6) is 0 Å². The molecule has 3 rings (SSSR count). The fraction of sp³-hybridized carbons (Fsp3) is 0.765. The minimum absolute atomic E-state index is 0.0462. The van der Waals surface area contributed by atoms with Gasteiger partial charge in [-0.3, -0.25) is 9.48 Å². The van der Waals surface area contributed by atoms with Gasteiger partial charge >= 0.3 is 0 Å². The number of carbonyl (C=O) groups excluding carboxylic acids is 1. The highest BCUT2D eigenvalue weighted by molar-refractivity contribution is 5.92. The molecule has 1 spiro atoms. The number of amides is 1. The molecule has 122 valence electrons. The molecule has 0 radical (unpaired) electrons. The van der Waals surface area contributed by atoms with Crippen molar-refractivity contribution in [3.63, 3.8) is 0 Å². The van der Waals surface area contributed by atoms with Crippen molar-refractivity contribution in [2.24, 2.45) is 7.05 Å². The van der Waals surface area contributed by atoms with Crippen LogP contribution < -0.4 is 0 Å². The maximum Gasteiger partial charge on any atom is 0.272 e. The monoisotopic (exact) mass is 305 g/mol. The van der Waals surface area contributed by atoms with E-state index in [0.717, 1.165) is 57.5 Å². The zero-order valence-electron chi connectivity index (χ0n) is 14.0. The van der Waals surface area contributed by atoms with Gasteiger partial charge in [0.2, 0.25) is 0 Å². The molecule has 3 heterocycles. The third-order valence-electron chi connectivity index (χ3n) is 5.08. The Kier molecular flexibility index (Phi) is 4.26. The number of carbonyl (C=O) groups is 1. The lowest BCUT2D eigenvalue weighted by Gasteiger charge is -2.26. The van der Waals surface area contributed by atoms with Gasteiger partial charge in [-0.2, -0.15) is 5.10 Å². The highest BCUT2D eigenvalue weighted by Gasteiger charge is 2.37. The van der Waals surface area contributed by atoms with Gasteiger partial charge in [-0.15, -0.1) is 0 Å². The summed E-state index contributed by atoms with van der Waals surface area (Å²) in [6, 6.07) is 1.94. The highest BCUT2D eigenvalue weighted by Crippen LogP contribution is 2.35. The minimum atomic E-state index is 0.0462. The predicted molar refractivity (Wildman–Crippen MR) is 85.0 cm³/mol. The van der Waals surface area contributed by atoms with Crippen LogP contribution in [-0.4, -0.2) is 45.9 Å². The standard InChI is InChI=1S/C17H27N3O2/c1-13(2)14-12-15(19(3)18-14)16(21)20-9-4-6-17(8-10-20)7-5-11-22-17/h12-13H,4-11H2,1-3H3/t17-/m0/s1. The minimum Gasteiger partial charge on any atom is -0.375 e. The largest absolute Gasteiger partial charge is 0.375 e. The Labute approximate surface area is 132 Å². The van der Waals surface area contributed by atoms with Crippen LogP contribution in [0.25, 0.3) is 0 Å². The van der Waals surface area contributed by atoms with E-state index in [2.05, 4.69) is 18.9 Å². The molecule has 1 atom stereocenters. The molecule has 0 aromatic carbocycles. The topological polar surface area (TPSA) is 47.4 Å². The van der Waals surface area contributed by atoms with Crippen molar-refractivity contribution in [3.05, 3.63) is 17.5 Å². The summed E-state index contributed by atoms with van der Waals surface area (Å²) in [5.74, 6) is 0.448. The predicted octanol–water partition coefficient (Wildman–Crippen LogP) is 2.72. The Hall–Kier alpha value is -1.36. The van der Waals surface area contributed by atoms with Crippen molar-refractivity contribution in [2.75, 3.05) is 19.7 Å². The molecule has 1 aromatic heterocycles. The fourth-order valence-electron chi connectivity index (χ4n) is 3.65. The highest BCUT2D eigenvalue weighted by atomic mass is 16.5. The van der Waals surface area contributed by atoms with Gasteiger partial charge in [0, 0.05) is 26.7 Å².